The van der Waals surface area contributed by atoms with Crippen molar-refractivity contribution in [3.05, 3.63) is 41.7 Å². The van der Waals surface area contributed by atoms with E-state index in [0.29, 0.717) is 6.04 Å². The number of pyridine rings is 1. The molecule has 3 nitrogen and oxygen atoms in total. The summed E-state index contributed by atoms with van der Waals surface area (Å²) in [6.07, 6.45) is 6.15. The Kier molecular flexibility index (Phi) is 5.11. The fraction of sp³-hybridized carbons (Fsp3) is 0.562. The zero-order valence-corrected chi connectivity index (χ0v) is 12.3. The second kappa shape index (κ2) is 6.83. The van der Waals surface area contributed by atoms with Crippen molar-refractivity contribution in [3.63, 3.8) is 0 Å². The van der Waals surface area contributed by atoms with Crippen molar-refractivity contribution in [1.82, 2.24) is 14.8 Å². The van der Waals surface area contributed by atoms with Crippen molar-refractivity contribution >= 4 is 0 Å². The van der Waals surface area contributed by atoms with E-state index in [2.05, 4.69) is 47.7 Å². The summed E-state index contributed by atoms with van der Waals surface area (Å²) < 4.78 is 0. The molecule has 0 unspecified atom stereocenters. The van der Waals surface area contributed by atoms with Crippen molar-refractivity contribution in [3.8, 4) is 0 Å². The highest BCUT2D eigenvalue weighted by molar-refractivity contribution is 5.13. The summed E-state index contributed by atoms with van der Waals surface area (Å²) in [7, 11) is 0. The molecule has 0 bridgehead atoms. The van der Waals surface area contributed by atoms with Crippen molar-refractivity contribution < 1.29 is 0 Å². The first-order valence-corrected chi connectivity index (χ1v) is 7.16. The van der Waals surface area contributed by atoms with Gasteiger partial charge in [-0.15, -0.1) is 0 Å². The third-order valence-electron chi connectivity index (χ3n) is 3.88. The van der Waals surface area contributed by atoms with Gasteiger partial charge in [0, 0.05) is 51.2 Å². The molecule has 1 aromatic rings. The second-order valence-corrected chi connectivity index (χ2v) is 5.58. The maximum absolute atomic E-state index is 4.22. The molecule has 1 aromatic heterocycles. The van der Waals surface area contributed by atoms with Crippen LogP contribution in [0.3, 0.4) is 0 Å². The average Bonchev–Trinajstić information content (AvgIpc) is 2.46. The Labute approximate surface area is 116 Å². The Morgan fingerprint density at radius 3 is 2.63 bits per heavy atom. The number of aromatic nitrogens is 1. The number of nitrogens with zero attached hydrogens (tertiary/aromatic N) is 3. The average molecular weight is 259 g/mol. The van der Waals surface area contributed by atoms with E-state index in [9.17, 15) is 0 Å². The molecule has 2 rings (SSSR count). The van der Waals surface area contributed by atoms with Gasteiger partial charge in [-0.3, -0.25) is 14.8 Å². The van der Waals surface area contributed by atoms with Gasteiger partial charge in [-0.05, 0) is 32.4 Å². The van der Waals surface area contributed by atoms with Crippen molar-refractivity contribution in [2.45, 2.75) is 26.8 Å². The maximum atomic E-state index is 4.22. The minimum Gasteiger partial charge on any atom is -0.297 e. The molecule has 0 spiro atoms. The van der Waals surface area contributed by atoms with Crippen LogP contribution in [-0.4, -0.2) is 47.5 Å². The van der Waals surface area contributed by atoms with Gasteiger partial charge in [0.1, 0.15) is 0 Å². The minimum absolute atomic E-state index is 0.472. The summed E-state index contributed by atoms with van der Waals surface area (Å²) in [5.74, 6) is 0. The van der Waals surface area contributed by atoms with Gasteiger partial charge in [-0.1, -0.05) is 17.7 Å². The zero-order valence-electron chi connectivity index (χ0n) is 12.3. The van der Waals surface area contributed by atoms with E-state index >= 15 is 0 Å². The third kappa shape index (κ3) is 4.15. The van der Waals surface area contributed by atoms with Gasteiger partial charge >= 0.3 is 0 Å². The summed E-state index contributed by atoms with van der Waals surface area (Å²) >= 11 is 0. The predicted molar refractivity (Wildman–Crippen MR) is 80.1 cm³/mol. The molecule has 0 amide bonds. The smallest absolute Gasteiger partial charge is 0.0336 e. The summed E-state index contributed by atoms with van der Waals surface area (Å²) in [5, 5.41) is 0. The summed E-state index contributed by atoms with van der Waals surface area (Å²) in [6, 6.07) is 4.67. The van der Waals surface area contributed by atoms with Gasteiger partial charge in [0.05, 0.1) is 0 Å². The Hall–Kier alpha value is -1.19. The van der Waals surface area contributed by atoms with Crippen LogP contribution >= 0.6 is 0 Å². The van der Waals surface area contributed by atoms with Crippen molar-refractivity contribution in [2.75, 3.05) is 32.7 Å². The SMILES string of the molecule is CC(C)=CCN1CCN([C@@H](C)c2cccnc2)CC1. The first-order chi connectivity index (χ1) is 9.16. The first-order valence-electron chi connectivity index (χ1n) is 7.16. The molecular weight excluding hydrogens is 234 g/mol. The molecule has 1 saturated heterocycles. The monoisotopic (exact) mass is 259 g/mol. The van der Waals surface area contributed by atoms with E-state index in [1.54, 1.807) is 0 Å². The lowest BCUT2D eigenvalue weighted by Crippen LogP contribution is -2.47. The van der Waals surface area contributed by atoms with E-state index in [-0.39, 0.29) is 0 Å². The van der Waals surface area contributed by atoms with Gasteiger partial charge in [0.25, 0.3) is 0 Å². The first kappa shape index (κ1) is 14.2. The summed E-state index contributed by atoms with van der Waals surface area (Å²) in [6.45, 7) is 12.3. The van der Waals surface area contributed by atoms with Gasteiger partial charge in [0.2, 0.25) is 0 Å². The molecule has 1 aliphatic heterocycles. The standard InChI is InChI=1S/C16H25N3/c1-14(2)6-8-18-9-11-19(12-10-18)15(3)16-5-4-7-17-13-16/h4-7,13,15H,8-12H2,1-3H3/t15-/m0/s1. The predicted octanol–water partition coefficient (Wildman–Crippen LogP) is 2.73. The van der Waals surface area contributed by atoms with E-state index in [0.717, 1.165) is 32.7 Å². The second-order valence-electron chi connectivity index (χ2n) is 5.58. The van der Waals surface area contributed by atoms with Crippen LogP contribution in [0.4, 0.5) is 0 Å². The van der Waals surface area contributed by atoms with E-state index < -0.39 is 0 Å². The lowest BCUT2D eigenvalue weighted by molar-refractivity contribution is 0.110. The van der Waals surface area contributed by atoms with Crippen LogP contribution in [0.2, 0.25) is 0 Å². The molecule has 0 aliphatic carbocycles. The van der Waals surface area contributed by atoms with Crippen LogP contribution in [0.5, 0.6) is 0 Å². The highest BCUT2D eigenvalue weighted by Gasteiger charge is 2.21. The molecule has 3 heteroatoms. The molecule has 1 fully saturated rings. The van der Waals surface area contributed by atoms with Crippen LogP contribution in [0, 0.1) is 0 Å². The lowest BCUT2D eigenvalue weighted by atomic mass is 10.1. The molecule has 1 aliphatic rings. The third-order valence-corrected chi connectivity index (χ3v) is 3.88. The molecule has 104 valence electrons. The minimum atomic E-state index is 0.472. The fourth-order valence-electron chi connectivity index (χ4n) is 2.48. The molecule has 0 aromatic carbocycles. The number of hydrogen-bond donors (Lipinski definition) is 0. The highest BCUT2D eigenvalue weighted by Crippen LogP contribution is 2.20. The quantitative estimate of drug-likeness (QED) is 0.775. The molecule has 1 atom stereocenters. The summed E-state index contributed by atoms with van der Waals surface area (Å²) in [4.78, 5) is 9.30. The molecule has 0 saturated carbocycles. The van der Waals surface area contributed by atoms with E-state index in [1.165, 1.54) is 11.1 Å². The van der Waals surface area contributed by atoms with E-state index in [1.807, 2.05) is 18.5 Å². The Morgan fingerprint density at radius 2 is 2.05 bits per heavy atom. The van der Waals surface area contributed by atoms with Crippen LogP contribution in [-0.2, 0) is 0 Å². The van der Waals surface area contributed by atoms with Crippen LogP contribution in [0.25, 0.3) is 0 Å². The summed E-state index contributed by atoms with van der Waals surface area (Å²) in [5.41, 5.74) is 2.73. The van der Waals surface area contributed by atoms with Crippen LogP contribution in [0.1, 0.15) is 32.4 Å². The topological polar surface area (TPSA) is 19.4 Å². The van der Waals surface area contributed by atoms with E-state index in [4.69, 9.17) is 0 Å². The maximum Gasteiger partial charge on any atom is 0.0336 e. The lowest BCUT2D eigenvalue weighted by Gasteiger charge is -2.37. The van der Waals surface area contributed by atoms with Crippen LogP contribution < -0.4 is 0 Å². The fourth-order valence-corrected chi connectivity index (χ4v) is 2.48. The Morgan fingerprint density at radius 1 is 1.32 bits per heavy atom. The molecule has 2 heterocycles. The van der Waals surface area contributed by atoms with Crippen LogP contribution in [0.15, 0.2) is 36.2 Å². The number of hydrogen-bond acceptors (Lipinski definition) is 3. The largest absolute Gasteiger partial charge is 0.297 e. The van der Waals surface area contributed by atoms with Gasteiger partial charge < -0.3 is 0 Å². The molecular formula is C16H25N3. The van der Waals surface area contributed by atoms with Gasteiger partial charge in [-0.2, -0.15) is 0 Å². The van der Waals surface area contributed by atoms with Crippen molar-refractivity contribution in [1.29, 1.82) is 0 Å². The molecule has 19 heavy (non-hydrogen) atoms. The molecule has 0 radical (unpaired) electrons. The Balaban J connectivity index is 1.85. The highest BCUT2D eigenvalue weighted by atomic mass is 15.3. The van der Waals surface area contributed by atoms with Gasteiger partial charge in [-0.25, -0.2) is 0 Å². The van der Waals surface area contributed by atoms with Crippen molar-refractivity contribution in [2.24, 2.45) is 0 Å². The number of rotatable bonds is 4. The zero-order chi connectivity index (χ0) is 13.7. The molecule has 0 N–H and O–H groups in total. The normalized spacial score (nSPS) is 19.1. The van der Waals surface area contributed by atoms with Gasteiger partial charge in [0.15, 0.2) is 0 Å². The number of piperazine rings is 1. The number of allylic oxidation sites excluding steroid dienone is 1. The Bertz CT molecular complexity index is 401.